The highest BCUT2D eigenvalue weighted by Crippen LogP contribution is 2.57. The van der Waals surface area contributed by atoms with E-state index >= 15 is 0 Å². The van der Waals surface area contributed by atoms with Crippen molar-refractivity contribution in [2.75, 3.05) is 13.6 Å². The lowest BCUT2D eigenvalue weighted by Crippen LogP contribution is -2.37. The van der Waals surface area contributed by atoms with Crippen molar-refractivity contribution in [3.63, 3.8) is 0 Å². The topological polar surface area (TPSA) is 49.3 Å². The monoisotopic (exact) mass is 624 g/mol. The van der Waals surface area contributed by atoms with Crippen LogP contribution in [-0.4, -0.2) is 24.4 Å². The fraction of sp³-hybridized carbons (Fsp3) is 0.136. The molecule has 7 rings (SSSR count). The molecule has 4 aromatic carbocycles. The minimum Gasteiger partial charge on any atom is -0.351 e. The van der Waals surface area contributed by atoms with Gasteiger partial charge in [-0.05, 0) is 93.9 Å². The number of nitrogens with zero attached hydrogens (tertiary/aromatic N) is 2. The van der Waals surface area contributed by atoms with E-state index in [4.69, 9.17) is 4.99 Å². The Balaban J connectivity index is 1.37. The van der Waals surface area contributed by atoms with Crippen LogP contribution in [0.4, 0.5) is 0 Å². The van der Waals surface area contributed by atoms with Crippen molar-refractivity contribution in [1.29, 1.82) is 0 Å². The predicted molar refractivity (Wildman–Crippen MR) is 201 cm³/mol. The normalized spacial score (nSPS) is 17.8. The molecule has 0 radical (unpaired) electrons. The highest BCUT2D eigenvalue weighted by Gasteiger charge is 2.46. The molecule has 2 atom stereocenters. The third-order valence-electron chi connectivity index (χ3n) is 9.61. The van der Waals surface area contributed by atoms with Crippen LogP contribution in [0.2, 0.25) is 0 Å². The van der Waals surface area contributed by atoms with E-state index in [1.807, 2.05) is 32.4 Å². The molecule has 0 spiro atoms. The number of hydrogen-bond donors (Lipinski definition) is 2. The number of pyridine rings is 1. The molecule has 2 unspecified atom stereocenters. The maximum absolute atomic E-state index is 5.14. The third kappa shape index (κ3) is 5.44. The van der Waals surface area contributed by atoms with Gasteiger partial charge in [0.05, 0.1) is 12.0 Å². The van der Waals surface area contributed by atoms with Gasteiger partial charge in [-0.1, -0.05) is 128 Å². The number of nitrogens with one attached hydrogen (secondary N) is 2. The molecule has 0 bridgehead atoms. The van der Waals surface area contributed by atoms with Gasteiger partial charge in [0.15, 0.2) is 0 Å². The first-order chi connectivity index (χ1) is 23.7. The van der Waals surface area contributed by atoms with Crippen LogP contribution in [0, 0.1) is 0 Å². The summed E-state index contributed by atoms with van der Waals surface area (Å²) in [5.41, 5.74) is 10.4. The summed E-state index contributed by atoms with van der Waals surface area (Å²) in [5, 5.41) is 9.70. The average Bonchev–Trinajstić information content (AvgIpc) is 3.25. The largest absolute Gasteiger partial charge is 0.351 e. The molecule has 48 heavy (non-hydrogen) atoms. The zero-order chi connectivity index (χ0) is 32.9. The standard InChI is InChI=1S/C44H40N4/c1-4-31(5-2)30-47-43(38-21-14-16-32-15-10-11-19-36(32)38)48-42(45-3)33-23-24-41-39(29-33)37-20-12-13-22-40(37)44(41,35-25-27-46-28-26-35)34-17-8-6-7-9-18-34/h4-8,10-29,42,45H,1,9,30H2,2-3H3,(H,47,48)/b31-5+. The lowest BCUT2D eigenvalue weighted by molar-refractivity contribution is 0.560. The van der Waals surface area contributed by atoms with Gasteiger partial charge in [0.25, 0.3) is 0 Å². The van der Waals surface area contributed by atoms with Crippen LogP contribution in [0.1, 0.15) is 47.3 Å². The summed E-state index contributed by atoms with van der Waals surface area (Å²) in [6.45, 7) is 6.56. The van der Waals surface area contributed by atoms with Crippen molar-refractivity contribution in [2.45, 2.75) is 24.9 Å². The Labute approximate surface area is 283 Å². The molecule has 2 aliphatic carbocycles. The summed E-state index contributed by atoms with van der Waals surface area (Å²) in [7, 11) is 2.00. The van der Waals surface area contributed by atoms with Gasteiger partial charge < -0.3 is 5.32 Å². The second kappa shape index (κ2) is 13.6. The molecule has 0 fully saturated rings. The van der Waals surface area contributed by atoms with Crippen molar-refractivity contribution >= 4 is 16.6 Å². The summed E-state index contributed by atoms with van der Waals surface area (Å²) in [5.74, 6) is 0.834. The predicted octanol–water partition coefficient (Wildman–Crippen LogP) is 9.38. The Morgan fingerprint density at radius 3 is 2.54 bits per heavy atom. The number of amidine groups is 1. The maximum Gasteiger partial charge on any atom is 0.130 e. The van der Waals surface area contributed by atoms with E-state index < -0.39 is 5.41 Å². The van der Waals surface area contributed by atoms with E-state index in [1.54, 1.807) is 0 Å². The van der Waals surface area contributed by atoms with E-state index in [0.29, 0.717) is 6.54 Å². The van der Waals surface area contributed by atoms with Crippen LogP contribution in [-0.2, 0) is 5.41 Å². The highest BCUT2D eigenvalue weighted by atomic mass is 15.1. The maximum atomic E-state index is 5.14. The Morgan fingerprint density at radius 2 is 1.71 bits per heavy atom. The number of aliphatic imine (C=N–C) groups is 1. The van der Waals surface area contributed by atoms with Gasteiger partial charge in [-0.3, -0.25) is 15.3 Å². The number of fused-ring (bicyclic) bond motifs is 4. The van der Waals surface area contributed by atoms with Crippen molar-refractivity contribution in [3.05, 3.63) is 198 Å². The van der Waals surface area contributed by atoms with Crippen LogP contribution < -0.4 is 10.6 Å². The van der Waals surface area contributed by atoms with Gasteiger partial charge in [0.2, 0.25) is 0 Å². The van der Waals surface area contributed by atoms with Crippen molar-refractivity contribution < 1.29 is 0 Å². The lowest BCUT2D eigenvalue weighted by Gasteiger charge is -2.34. The van der Waals surface area contributed by atoms with E-state index in [-0.39, 0.29) is 6.17 Å². The zero-order valence-electron chi connectivity index (χ0n) is 27.5. The summed E-state index contributed by atoms with van der Waals surface area (Å²) in [4.78, 5) is 9.53. The Morgan fingerprint density at radius 1 is 0.917 bits per heavy atom. The fourth-order valence-corrected chi connectivity index (χ4v) is 7.27. The van der Waals surface area contributed by atoms with Crippen LogP contribution in [0.25, 0.3) is 21.9 Å². The van der Waals surface area contributed by atoms with Crippen LogP contribution in [0.15, 0.2) is 175 Å². The lowest BCUT2D eigenvalue weighted by atomic mass is 9.67. The summed E-state index contributed by atoms with van der Waals surface area (Å²) in [6, 6.07) is 35.0. The Kier molecular flexibility index (Phi) is 8.82. The van der Waals surface area contributed by atoms with E-state index in [0.717, 1.165) is 34.3 Å². The molecule has 0 amide bonds. The van der Waals surface area contributed by atoms with E-state index in [1.165, 1.54) is 38.8 Å². The van der Waals surface area contributed by atoms with Crippen molar-refractivity contribution in [1.82, 2.24) is 15.6 Å². The second-order valence-corrected chi connectivity index (χ2v) is 12.1. The fourth-order valence-electron chi connectivity index (χ4n) is 7.27. The molecule has 2 N–H and O–H groups in total. The van der Waals surface area contributed by atoms with Gasteiger partial charge in [-0.25, -0.2) is 0 Å². The minimum absolute atomic E-state index is 0.199. The first kappa shape index (κ1) is 31.0. The van der Waals surface area contributed by atoms with Gasteiger partial charge in [-0.2, -0.15) is 0 Å². The third-order valence-corrected chi connectivity index (χ3v) is 9.61. The first-order valence-corrected chi connectivity index (χ1v) is 16.6. The SMILES string of the molecule is C=C/C(=C\C)CN=C(NC(NC)c1ccc2c(c1)-c1ccccc1C2(C1=CCC=CC=C1)c1ccncc1)c1cccc2ccccc12. The van der Waals surface area contributed by atoms with E-state index in [2.05, 4.69) is 156 Å². The molecule has 236 valence electrons. The number of aromatic nitrogens is 1. The first-order valence-electron chi connectivity index (χ1n) is 16.6. The number of hydrogen-bond acceptors (Lipinski definition) is 3. The average molecular weight is 625 g/mol. The molecule has 0 saturated heterocycles. The van der Waals surface area contributed by atoms with Crippen LogP contribution in [0.3, 0.4) is 0 Å². The molecule has 4 nitrogen and oxygen atoms in total. The molecular weight excluding hydrogens is 585 g/mol. The quantitative estimate of drug-likeness (QED) is 0.0744. The van der Waals surface area contributed by atoms with E-state index in [9.17, 15) is 0 Å². The summed E-state index contributed by atoms with van der Waals surface area (Å²) < 4.78 is 0. The molecule has 0 aliphatic heterocycles. The second-order valence-electron chi connectivity index (χ2n) is 12.1. The number of benzene rings is 4. The van der Waals surface area contributed by atoms with Crippen LogP contribution in [0.5, 0.6) is 0 Å². The molecule has 1 heterocycles. The van der Waals surface area contributed by atoms with Gasteiger partial charge >= 0.3 is 0 Å². The minimum atomic E-state index is -0.457. The molecule has 0 saturated carbocycles. The molecule has 4 heteroatoms. The van der Waals surface area contributed by atoms with Gasteiger partial charge in [0.1, 0.15) is 12.0 Å². The number of rotatable bonds is 9. The molecular formula is C44H40N4. The Bertz CT molecular complexity index is 2130. The smallest absolute Gasteiger partial charge is 0.130 e. The van der Waals surface area contributed by atoms with Crippen molar-refractivity contribution in [2.24, 2.45) is 4.99 Å². The summed E-state index contributed by atoms with van der Waals surface area (Å²) >= 11 is 0. The molecule has 1 aromatic heterocycles. The van der Waals surface area contributed by atoms with Crippen LogP contribution >= 0.6 is 0 Å². The zero-order valence-corrected chi connectivity index (χ0v) is 27.5. The van der Waals surface area contributed by atoms with Crippen molar-refractivity contribution in [3.8, 4) is 11.1 Å². The van der Waals surface area contributed by atoms with Gasteiger partial charge in [-0.15, -0.1) is 0 Å². The molecule has 2 aliphatic rings. The highest BCUT2D eigenvalue weighted by molar-refractivity contribution is 6.10. The summed E-state index contributed by atoms with van der Waals surface area (Å²) in [6.07, 6.45) is 19.6. The molecule has 5 aromatic rings. The number of allylic oxidation sites excluding steroid dienone is 7. The Hall–Kier alpha value is -5.58. The van der Waals surface area contributed by atoms with Gasteiger partial charge in [0, 0.05) is 18.0 Å².